The zero-order chi connectivity index (χ0) is 25.3. The topological polar surface area (TPSA) is 212 Å². The minimum absolute atomic E-state index is 0.00910. The quantitative estimate of drug-likeness (QED) is 0.147. The highest BCUT2D eigenvalue weighted by Crippen LogP contribution is 2.43. The second kappa shape index (κ2) is 10.1. The summed E-state index contributed by atoms with van der Waals surface area (Å²) >= 11 is 5.84. The largest absolute Gasteiger partial charge is 0.458 e. The molecule has 2 aromatic heterocycles. The number of aliphatic hydroxyl groups excluding tert-OH is 2. The van der Waals surface area contributed by atoms with Crippen LogP contribution in [0.4, 0.5) is 5.82 Å². The number of carbonyl (C=O) groups is 1. The summed E-state index contributed by atoms with van der Waals surface area (Å²) in [5, 5.41) is 20.8. The van der Waals surface area contributed by atoms with Crippen molar-refractivity contribution >= 4 is 42.1 Å². The SMILES string of the molecule is Nc1nc(Cl)nc2c1ncn2[C@@H]1O[C@H](COC(C(=O)OCc2ccccc2)P(=O)(O)O)[C@@H](O)[C@H]1O. The number of aromatic nitrogens is 4. The summed E-state index contributed by atoms with van der Waals surface area (Å²) in [5.41, 5.74) is 6.67. The normalized spacial score (nSPS) is 23.5. The molecule has 1 unspecified atom stereocenters. The summed E-state index contributed by atoms with van der Waals surface area (Å²) in [6, 6.07) is 8.49. The van der Waals surface area contributed by atoms with Crippen molar-refractivity contribution in [1.29, 1.82) is 0 Å². The third-order valence-corrected chi connectivity index (χ3v) is 6.32. The molecule has 1 fully saturated rings. The highest BCUT2D eigenvalue weighted by Gasteiger charge is 2.46. The van der Waals surface area contributed by atoms with Crippen molar-refractivity contribution in [1.82, 2.24) is 19.5 Å². The van der Waals surface area contributed by atoms with Crippen molar-refractivity contribution in [3.05, 3.63) is 47.5 Å². The van der Waals surface area contributed by atoms with Crippen LogP contribution < -0.4 is 5.73 Å². The molecule has 0 spiro atoms. The lowest BCUT2D eigenvalue weighted by Gasteiger charge is -2.21. The van der Waals surface area contributed by atoms with Gasteiger partial charge in [0.05, 0.1) is 12.9 Å². The number of aliphatic hydroxyl groups is 2. The van der Waals surface area contributed by atoms with E-state index in [0.29, 0.717) is 5.56 Å². The molecule has 188 valence electrons. The monoisotopic (exact) mass is 529 g/mol. The fraction of sp³-hybridized carbons (Fsp3) is 0.368. The number of nitrogens with two attached hydrogens (primary N) is 1. The molecular weight excluding hydrogens is 509 g/mol. The van der Waals surface area contributed by atoms with E-state index in [1.165, 1.54) is 10.9 Å². The van der Waals surface area contributed by atoms with Crippen molar-refractivity contribution < 1.29 is 43.6 Å². The first kappa shape index (κ1) is 25.4. The third-order valence-electron chi connectivity index (χ3n) is 5.18. The Bertz CT molecular complexity index is 1260. The molecule has 14 nitrogen and oxygen atoms in total. The van der Waals surface area contributed by atoms with Gasteiger partial charge in [-0.3, -0.25) is 9.13 Å². The summed E-state index contributed by atoms with van der Waals surface area (Å²) < 4.78 is 28.9. The van der Waals surface area contributed by atoms with Crippen molar-refractivity contribution in [2.24, 2.45) is 0 Å². The van der Waals surface area contributed by atoms with Crippen molar-refractivity contribution in [2.45, 2.75) is 37.0 Å². The maximum Gasteiger partial charge on any atom is 0.365 e. The molecule has 3 aromatic rings. The zero-order valence-corrected chi connectivity index (χ0v) is 19.4. The number of rotatable bonds is 8. The van der Waals surface area contributed by atoms with E-state index >= 15 is 0 Å². The summed E-state index contributed by atoms with van der Waals surface area (Å²) in [6.45, 7) is -0.889. The van der Waals surface area contributed by atoms with Gasteiger partial charge in [0, 0.05) is 0 Å². The van der Waals surface area contributed by atoms with Crippen LogP contribution in [0.2, 0.25) is 5.28 Å². The molecule has 1 aromatic carbocycles. The van der Waals surface area contributed by atoms with Gasteiger partial charge in [-0.05, 0) is 17.2 Å². The van der Waals surface area contributed by atoms with Crippen LogP contribution in [-0.2, 0) is 30.2 Å². The molecule has 6 N–H and O–H groups in total. The number of esters is 1. The summed E-state index contributed by atoms with van der Waals surface area (Å²) in [6.07, 6.45) is -4.33. The van der Waals surface area contributed by atoms with Gasteiger partial charge < -0.3 is 39.9 Å². The van der Waals surface area contributed by atoms with Crippen molar-refractivity contribution in [2.75, 3.05) is 12.3 Å². The Morgan fingerprint density at radius 2 is 1.94 bits per heavy atom. The van der Waals surface area contributed by atoms with Gasteiger partial charge >= 0.3 is 13.6 Å². The molecule has 0 amide bonds. The number of hydrogen-bond donors (Lipinski definition) is 5. The van der Waals surface area contributed by atoms with E-state index in [0.717, 1.165) is 0 Å². The van der Waals surface area contributed by atoms with E-state index in [4.69, 9.17) is 31.5 Å². The number of ether oxygens (including phenoxy) is 3. The molecule has 5 atom stereocenters. The standard InChI is InChI=1S/C19H21ClN5O9P/c20-19-23-14(21)11-15(24-19)25(8-22-11)16-13(27)12(26)10(34-16)7-33-18(35(29,30)31)17(28)32-6-9-4-2-1-3-5-9/h1-5,8,10,12-13,16,18,26-27H,6-7H2,(H2,21,23,24)(H2,29,30,31)/t10-,12-,13-,16-,18?/m1/s1. The van der Waals surface area contributed by atoms with Crippen LogP contribution >= 0.6 is 19.2 Å². The molecule has 0 bridgehead atoms. The number of nitrogens with zero attached hydrogens (tertiary/aromatic N) is 4. The highest BCUT2D eigenvalue weighted by atomic mass is 35.5. The highest BCUT2D eigenvalue weighted by molar-refractivity contribution is 7.53. The van der Waals surface area contributed by atoms with E-state index in [9.17, 15) is 29.4 Å². The molecule has 4 rings (SSSR count). The summed E-state index contributed by atoms with van der Waals surface area (Å²) in [5.74, 6) is -3.57. The first-order valence-corrected chi connectivity index (χ1v) is 12.2. The van der Waals surface area contributed by atoms with Crippen LogP contribution in [0, 0.1) is 0 Å². The number of nitrogen functional groups attached to an aromatic ring is 1. The molecule has 1 aliphatic heterocycles. The van der Waals surface area contributed by atoms with Crippen LogP contribution in [0.3, 0.4) is 0 Å². The second-order valence-corrected chi connectivity index (χ2v) is 9.60. The minimum Gasteiger partial charge on any atom is -0.458 e. The Morgan fingerprint density at radius 3 is 2.63 bits per heavy atom. The van der Waals surface area contributed by atoms with Gasteiger partial charge in [0.2, 0.25) is 5.28 Å². The number of anilines is 1. The van der Waals surface area contributed by atoms with Crippen LogP contribution in [0.25, 0.3) is 11.2 Å². The van der Waals surface area contributed by atoms with Gasteiger partial charge in [-0.15, -0.1) is 0 Å². The van der Waals surface area contributed by atoms with Crippen molar-refractivity contribution in [3.63, 3.8) is 0 Å². The second-order valence-electron chi connectivity index (χ2n) is 7.62. The maximum atomic E-state index is 12.3. The lowest BCUT2D eigenvalue weighted by molar-refractivity contribution is -0.157. The first-order valence-electron chi connectivity index (χ1n) is 10.1. The number of hydrogen-bond acceptors (Lipinski definition) is 11. The van der Waals surface area contributed by atoms with E-state index in [1.807, 2.05) is 0 Å². The van der Waals surface area contributed by atoms with Crippen LogP contribution in [0.15, 0.2) is 36.7 Å². The summed E-state index contributed by atoms with van der Waals surface area (Å²) in [7, 11) is -5.11. The lowest BCUT2D eigenvalue weighted by atomic mass is 10.1. The van der Waals surface area contributed by atoms with Crippen LogP contribution in [-0.4, -0.2) is 76.3 Å². The molecule has 0 aliphatic carbocycles. The van der Waals surface area contributed by atoms with E-state index < -0.39 is 50.6 Å². The molecule has 1 aliphatic rings. The Labute approximate surface area is 202 Å². The van der Waals surface area contributed by atoms with E-state index in [-0.39, 0.29) is 28.9 Å². The van der Waals surface area contributed by atoms with Crippen LogP contribution in [0.1, 0.15) is 11.8 Å². The number of imidazole rings is 1. The van der Waals surface area contributed by atoms with E-state index in [2.05, 4.69) is 15.0 Å². The maximum absolute atomic E-state index is 12.3. The van der Waals surface area contributed by atoms with Gasteiger partial charge in [-0.1, -0.05) is 30.3 Å². The predicted octanol–water partition coefficient (Wildman–Crippen LogP) is -0.0551. The van der Waals surface area contributed by atoms with Gasteiger partial charge in [0.15, 0.2) is 17.7 Å². The Kier molecular flexibility index (Phi) is 7.35. The number of benzene rings is 1. The molecule has 1 saturated heterocycles. The van der Waals surface area contributed by atoms with Crippen molar-refractivity contribution in [3.8, 4) is 0 Å². The van der Waals surface area contributed by atoms with E-state index in [1.54, 1.807) is 30.3 Å². The Hall–Kier alpha value is -2.68. The molecule has 3 heterocycles. The Balaban J connectivity index is 1.45. The fourth-order valence-electron chi connectivity index (χ4n) is 3.48. The summed E-state index contributed by atoms with van der Waals surface area (Å²) in [4.78, 5) is 43.4. The molecule has 16 heteroatoms. The first-order chi connectivity index (χ1) is 16.6. The van der Waals surface area contributed by atoms with Gasteiger partial charge in [0.25, 0.3) is 5.85 Å². The van der Waals surface area contributed by atoms with Gasteiger partial charge in [-0.25, -0.2) is 9.78 Å². The molecule has 35 heavy (non-hydrogen) atoms. The van der Waals surface area contributed by atoms with Gasteiger partial charge in [-0.2, -0.15) is 9.97 Å². The molecule has 0 saturated carbocycles. The number of carbonyl (C=O) groups excluding carboxylic acids is 1. The smallest absolute Gasteiger partial charge is 0.365 e. The average molecular weight is 530 g/mol. The number of halogens is 1. The molecule has 0 radical (unpaired) electrons. The fourth-order valence-corrected chi connectivity index (χ4v) is 4.28. The number of fused-ring (bicyclic) bond motifs is 1. The lowest BCUT2D eigenvalue weighted by Crippen LogP contribution is -2.36. The zero-order valence-electron chi connectivity index (χ0n) is 17.8. The Morgan fingerprint density at radius 1 is 1.23 bits per heavy atom. The predicted molar refractivity (Wildman–Crippen MR) is 119 cm³/mol. The van der Waals surface area contributed by atoms with Gasteiger partial charge in [0.1, 0.15) is 30.4 Å². The third kappa shape index (κ3) is 5.44. The van der Waals surface area contributed by atoms with Crippen LogP contribution in [0.5, 0.6) is 0 Å². The minimum atomic E-state index is -5.11. The average Bonchev–Trinajstić information content (AvgIpc) is 3.34. The molecular formula is C19H21ClN5O9P.